The molecule has 6 heteroatoms. The summed E-state index contributed by atoms with van der Waals surface area (Å²) in [6, 6.07) is 41.4. The van der Waals surface area contributed by atoms with Crippen molar-refractivity contribution in [2.45, 2.75) is 140 Å². The van der Waals surface area contributed by atoms with Crippen molar-refractivity contribution in [3.05, 3.63) is 155 Å². The van der Waals surface area contributed by atoms with Gasteiger partial charge in [-0.25, -0.2) is 0 Å². The number of rotatable bonds is 12. The summed E-state index contributed by atoms with van der Waals surface area (Å²) in [5.74, 6) is 1.65. The number of fused-ring (bicyclic) bond motifs is 5. The van der Waals surface area contributed by atoms with Crippen LogP contribution in [-0.4, -0.2) is 20.9 Å². The standard InChI is InChI=1S/C27H22NO.C21H22N.C15H28O2.Ir/c1-17-14-23-22-8-4-5-9-25(22)29-27(23)24(15-17)26-21-11-10-19(18-6-2-3-7-18)16-20(21)12-13-28-26;1-14(2)10-17-6-5-7-21-19(17)8-9-20(22-21)18-12-15(3)11-16(4)13-18;1-7-14(5,8-2)12(16)11-13(17)15(6,9-3)10-4;/h4-5,8-14,16,18H,2-3,6-7H2,1H3;5-9,11-12,14H,10H2,1-4H3;11,16H,7-10H2,1-6H3;/q2*-1;;/b;;12-11-;. The molecule has 0 spiro atoms. The van der Waals surface area contributed by atoms with Crippen molar-refractivity contribution in [2.75, 3.05) is 0 Å². The van der Waals surface area contributed by atoms with Gasteiger partial charge in [0.2, 0.25) is 0 Å². The zero-order valence-electron chi connectivity index (χ0n) is 42.9. The van der Waals surface area contributed by atoms with E-state index in [2.05, 4.69) is 132 Å². The first kappa shape index (κ1) is 52.9. The normalized spacial score (nSPS) is 13.4. The van der Waals surface area contributed by atoms with Crippen molar-refractivity contribution in [1.82, 2.24) is 9.97 Å². The molecule has 0 unspecified atom stereocenters. The predicted octanol–water partition coefficient (Wildman–Crippen LogP) is 17.7. The van der Waals surface area contributed by atoms with Crippen LogP contribution in [0.25, 0.3) is 66.1 Å². The summed E-state index contributed by atoms with van der Waals surface area (Å²) in [6.45, 7) is 22.9. The summed E-state index contributed by atoms with van der Waals surface area (Å²) < 4.78 is 6.28. The fourth-order valence-electron chi connectivity index (χ4n) is 9.68. The number of aliphatic hydroxyl groups excluding tert-OH is 1. The van der Waals surface area contributed by atoms with Gasteiger partial charge in [0, 0.05) is 54.0 Å². The zero-order valence-corrected chi connectivity index (χ0v) is 45.3. The van der Waals surface area contributed by atoms with Crippen LogP contribution < -0.4 is 0 Å². The minimum atomic E-state index is -0.337. The van der Waals surface area contributed by atoms with Gasteiger partial charge in [0.15, 0.2) is 5.78 Å². The van der Waals surface area contributed by atoms with Crippen LogP contribution in [0.15, 0.2) is 120 Å². The molecule has 69 heavy (non-hydrogen) atoms. The summed E-state index contributed by atoms with van der Waals surface area (Å²) in [5, 5.41) is 16.1. The van der Waals surface area contributed by atoms with E-state index in [1.165, 1.54) is 59.2 Å². The number of nitrogens with zero attached hydrogens (tertiary/aromatic N) is 2. The number of aryl methyl sites for hydroxylation is 3. The molecule has 0 saturated heterocycles. The average Bonchev–Trinajstić information content (AvgIpc) is 4.02. The summed E-state index contributed by atoms with van der Waals surface area (Å²) in [7, 11) is 0. The maximum absolute atomic E-state index is 12.2. The number of furan rings is 1. The van der Waals surface area contributed by atoms with Crippen LogP contribution in [-0.2, 0) is 31.3 Å². The molecular weight excluding hydrogens is 1020 g/mol. The maximum Gasteiger partial charge on any atom is 0.164 e. The number of carbonyl (C=O) groups excluding carboxylic acids is 1. The minimum absolute atomic E-state index is 0. The van der Waals surface area contributed by atoms with Gasteiger partial charge in [-0.15, -0.1) is 52.6 Å². The molecule has 1 radical (unpaired) electrons. The number of aliphatic hydroxyl groups is 1. The molecule has 1 saturated carbocycles. The fraction of sp³-hybridized carbons (Fsp3) is 0.381. The van der Waals surface area contributed by atoms with Crippen LogP contribution in [0.2, 0.25) is 0 Å². The summed E-state index contributed by atoms with van der Waals surface area (Å²) in [4.78, 5) is 21.8. The minimum Gasteiger partial charge on any atom is -0.512 e. The molecule has 1 aliphatic carbocycles. The molecule has 1 N–H and O–H groups in total. The van der Waals surface area contributed by atoms with Crippen molar-refractivity contribution in [1.29, 1.82) is 0 Å². The number of hydrogen-bond acceptors (Lipinski definition) is 5. The van der Waals surface area contributed by atoms with Crippen molar-refractivity contribution in [2.24, 2.45) is 16.7 Å². The van der Waals surface area contributed by atoms with Gasteiger partial charge in [0.25, 0.3) is 0 Å². The number of hydrogen-bond donors (Lipinski definition) is 1. The van der Waals surface area contributed by atoms with Crippen molar-refractivity contribution in [3.63, 3.8) is 0 Å². The molecule has 0 aliphatic heterocycles. The van der Waals surface area contributed by atoms with E-state index < -0.39 is 0 Å². The SMILES string of the molecule is CCC(C)(CC)C(=O)/C=C(\O)C(C)(CC)CC.Cc1[c-]c(-c2ccc3c(CC(C)C)cccc3n2)cc(C)c1.Cc1[c-]c(-c2nccc3cc(C4CCCC4)ccc23)c2oc3ccccc3c2c1.[Ir]. The van der Waals surface area contributed by atoms with Crippen LogP contribution in [0.1, 0.15) is 140 Å². The Labute approximate surface area is 425 Å². The summed E-state index contributed by atoms with van der Waals surface area (Å²) in [5.41, 5.74) is 12.6. The van der Waals surface area contributed by atoms with E-state index in [1.807, 2.05) is 59.9 Å². The Morgan fingerprint density at radius 2 is 1.45 bits per heavy atom. The number of allylic oxidation sites excluding steroid dienone is 2. The van der Waals surface area contributed by atoms with Crippen LogP contribution in [0.3, 0.4) is 0 Å². The number of para-hydroxylation sites is 1. The zero-order chi connectivity index (χ0) is 48.8. The molecule has 3 aromatic heterocycles. The van der Waals surface area contributed by atoms with E-state index in [0.29, 0.717) is 11.8 Å². The molecule has 5 aromatic carbocycles. The maximum atomic E-state index is 12.2. The number of ketones is 1. The van der Waals surface area contributed by atoms with Gasteiger partial charge in [-0.1, -0.05) is 161 Å². The Hall–Kier alpha value is -5.42. The second kappa shape index (κ2) is 23.0. The van der Waals surface area contributed by atoms with E-state index in [0.717, 1.165) is 98.6 Å². The summed E-state index contributed by atoms with van der Waals surface area (Å²) in [6.07, 6.45) is 13.1. The summed E-state index contributed by atoms with van der Waals surface area (Å²) >= 11 is 0. The first-order valence-electron chi connectivity index (χ1n) is 25.2. The molecule has 8 aromatic rings. The Kier molecular flexibility index (Phi) is 17.6. The van der Waals surface area contributed by atoms with Crippen molar-refractivity contribution >= 4 is 49.4 Å². The Morgan fingerprint density at radius 1 is 0.768 bits per heavy atom. The van der Waals surface area contributed by atoms with E-state index in [-0.39, 0.29) is 42.5 Å². The first-order chi connectivity index (χ1) is 32.6. The molecule has 0 amide bonds. The first-order valence-corrected chi connectivity index (χ1v) is 25.2. The van der Waals surface area contributed by atoms with Gasteiger partial charge in [0.05, 0.1) is 11.1 Å². The Morgan fingerprint density at radius 3 is 2.13 bits per heavy atom. The largest absolute Gasteiger partial charge is 0.512 e. The molecular formula is C63H72IrN2O3-2. The molecule has 5 nitrogen and oxygen atoms in total. The molecule has 0 atom stereocenters. The van der Waals surface area contributed by atoms with Gasteiger partial charge in [-0.05, 0) is 108 Å². The number of pyridine rings is 2. The second-order valence-electron chi connectivity index (χ2n) is 20.3. The van der Waals surface area contributed by atoms with Crippen LogP contribution in [0.4, 0.5) is 0 Å². The number of aromatic nitrogens is 2. The third-order valence-corrected chi connectivity index (χ3v) is 14.9. The number of carbonyl (C=O) groups is 1. The molecule has 1 fully saturated rings. The molecule has 0 bridgehead atoms. The van der Waals surface area contributed by atoms with Crippen LogP contribution in [0.5, 0.6) is 0 Å². The second-order valence-corrected chi connectivity index (χ2v) is 20.3. The predicted molar refractivity (Wildman–Crippen MR) is 286 cm³/mol. The molecule has 3 heterocycles. The van der Waals surface area contributed by atoms with Crippen molar-refractivity contribution < 1.29 is 34.4 Å². The molecule has 1 aliphatic rings. The van der Waals surface area contributed by atoms with E-state index in [1.54, 1.807) is 0 Å². The smallest absolute Gasteiger partial charge is 0.164 e. The van der Waals surface area contributed by atoms with Gasteiger partial charge in [0.1, 0.15) is 11.3 Å². The van der Waals surface area contributed by atoms with E-state index >= 15 is 0 Å². The molecule has 363 valence electrons. The van der Waals surface area contributed by atoms with Crippen LogP contribution >= 0.6 is 0 Å². The third kappa shape index (κ3) is 12.0. The van der Waals surface area contributed by atoms with Gasteiger partial charge in [-0.3, -0.25) is 9.78 Å². The molecule has 9 rings (SSSR count). The average molecular weight is 1100 g/mol. The Bertz CT molecular complexity index is 3050. The quantitative estimate of drug-likeness (QED) is 0.0749. The van der Waals surface area contributed by atoms with Crippen LogP contribution in [0, 0.1) is 49.7 Å². The third-order valence-electron chi connectivity index (χ3n) is 14.9. The fourth-order valence-corrected chi connectivity index (χ4v) is 9.68. The monoisotopic (exact) mass is 1100 g/mol. The van der Waals surface area contributed by atoms with E-state index in [4.69, 9.17) is 14.4 Å². The van der Waals surface area contributed by atoms with Gasteiger partial charge >= 0.3 is 0 Å². The number of benzene rings is 5. The van der Waals surface area contributed by atoms with Gasteiger partial charge < -0.3 is 14.5 Å². The Balaban J connectivity index is 0.000000176. The topological polar surface area (TPSA) is 76.2 Å². The van der Waals surface area contributed by atoms with Crippen molar-refractivity contribution in [3.8, 4) is 22.5 Å². The van der Waals surface area contributed by atoms with E-state index in [9.17, 15) is 9.90 Å². The van der Waals surface area contributed by atoms with Gasteiger partial charge in [-0.2, -0.15) is 0 Å².